The highest BCUT2D eigenvalue weighted by Crippen LogP contribution is 2.19. The molecule has 1 fully saturated rings. The van der Waals surface area contributed by atoms with Crippen molar-refractivity contribution in [1.82, 2.24) is 24.4 Å². The molecule has 3 aromatic rings. The van der Waals surface area contributed by atoms with Gasteiger partial charge >= 0.3 is 5.69 Å². The topological polar surface area (TPSA) is 108 Å². The molecule has 0 spiro atoms. The van der Waals surface area contributed by atoms with Crippen molar-refractivity contribution in [2.45, 2.75) is 39.0 Å². The van der Waals surface area contributed by atoms with Crippen LogP contribution in [0.3, 0.4) is 0 Å². The van der Waals surface area contributed by atoms with Crippen LogP contribution in [-0.4, -0.2) is 44.3 Å². The first-order valence-corrected chi connectivity index (χ1v) is 10.5. The molecule has 1 aromatic carbocycles. The van der Waals surface area contributed by atoms with Crippen molar-refractivity contribution in [1.29, 1.82) is 0 Å². The Kier molecular flexibility index (Phi) is 6.15. The minimum atomic E-state index is -0.598. The second-order valence-corrected chi connectivity index (χ2v) is 7.73. The van der Waals surface area contributed by atoms with E-state index in [-0.39, 0.29) is 30.2 Å². The molecule has 0 saturated carbocycles. The van der Waals surface area contributed by atoms with Crippen LogP contribution in [-0.2, 0) is 22.6 Å². The van der Waals surface area contributed by atoms with Crippen LogP contribution >= 0.6 is 11.6 Å². The van der Waals surface area contributed by atoms with Crippen LogP contribution in [0.1, 0.15) is 19.8 Å². The van der Waals surface area contributed by atoms with E-state index in [1.165, 1.54) is 10.8 Å². The van der Waals surface area contributed by atoms with Gasteiger partial charge in [-0.1, -0.05) is 11.6 Å². The summed E-state index contributed by atoms with van der Waals surface area (Å²) < 4.78 is 7.76. The molecule has 2 aromatic heterocycles. The van der Waals surface area contributed by atoms with Crippen LogP contribution in [0.25, 0.3) is 22.4 Å². The minimum Gasteiger partial charge on any atom is -0.376 e. The maximum Gasteiger partial charge on any atom is 0.333 e. The highest BCUT2D eigenvalue weighted by atomic mass is 35.5. The number of carbonyl (C=O) groups is 1. The summed E-state index contributed by atoms with van der Waals surface area (Å²) in [7, 11) is 0. The molecule has 0 aliphatic carbocycles. The van der Waals surface area contributed by atoms with Gasteiger partial charge in [0.15, 0.2) is 11.5 Å². The van der Waals surface area contributed by atoms with Gasteiger partial charge in [0.2, 0.25) is 5.91 Å². The standard InChI is InChI=1S/C21H22ClN5O4/c1-2-26-19-16(11-24-18(25-19)13-5-7-14(22)8-6-13)20(29)27(21(26)30)12-17(28)23-10-15-4-3-9-31-15/h5-8,11,15H,2-4,9-10,12H2,1H3,(H,23,28). The first-order valence-electron chi connectivity index (χ1n) is 10.1. The SMILES string of the molecule is CCn1c(=O)n(CC(=O)NCC2CCCO2)c(=O)c2cnc(-c3ccc(Cl)cc3)nc21. The number of amides is 1. The van der Waals surface area contributed by atoms with Crippen molar-refractivity contribution in [2.75, 3.05) is 13.2 Å². The maximum absolute atomic E-state index is 13.0. The summed E-state index contributed by atoms with van der Waals surface area (Å²) in [5.74, 6) is -0.0485. The van der Waals surface area contributed by atoms with Gasteiger partial charge in [-0.2, -0.15) is 0 Å². The molecule has 1 amide bonds. The lowest BCUT2D eigenvalue weighted by Crippen LogP contribution is -2.45. The Morgan fingerprint density at radius 1 is 1.26 bits per heavy atom. The summed E-state index contributed by atoms with van der Waals surface area (Å²) in [5, 5.41) is 3.49. The second kappa shape index (κ2) is 8.99. The zero-order chi connectivity index (χ0) is 22.0. The zero-order valence-corrected chi connectivity index (χ0v) is 17.8. The first-order chi connectivity index (χ1) is 15.0. The van der Waals surface area contributed by atoms with Gasteiger partial charge in [-0.15, -0.1) is 0 Å². The Bertz CT molecular complexity index is 1230. The van der Waals surface area contributed by atoms with Crippen LogP contribution in [0.4, 0.5) is 0 Å². The van der Waals surface area contributed by atoms with Crippen LogP contribution in [0.5, 0.6) is 0 Å². The van der Waals surface area contributed by atoms with Gasteiger partial charge in [0, 0.05) is 36.5 Å². The van der Waals surface area contributed by atoms with E-state index in [1.54, 1.807) is 31.2 Å². The fraction of sp³-hybridized carbons (Fsp3) is 0.381. The van der Waals surface area contributed by atoms with Crippen molar-refractivity contribution in [3.05, 3.63) is 56.3 Å². The fourth-order valence-electron chi connectivity index (χ4n) is 3.59. The number of rotatable bonds is 6. The molecule has 4 rings (SSSR count). The molecule has 1 aliphatic heterocycles. The molecule has 9 nitrogen and oxygen atoms in total. The molecule has 31 heavy (non-hydrogen) atoms. The summed E-state index contributed by atoms with van der Waals surface area (Å²) in [4.78, 5) is 47.0. The van der Waals surface area contributed by atoms with Crippen molar-refractivity contribution >= 4 is 28.5 Å². The Hall–Kier alpha value is -3.04. The third-order valence-corrected chi connectivity index (χ3v) is 5.48. The Labute approximate surface area is 182 Å². The highest BCUT2D eigenvalue weighted by molar-refractivity contribution is 6.30. The number of halogens is 1. The maximum atomic E-state index is 13.0. The van der Waals surface area contributed by atoms with E-state index in [1.807, 2.05) is 0 Å². The van der Waals surface area contributed by atoms with Crippen molar-refractivity contribution in [3.63, 3.8) is 0 Å². The third-order valence-electron chi connectivity index (χ3n) is 5.23. The summed E-state index contributed by atoms with van der Waals surface area (Å²) in [5.41, 5.74) is -0.250. The average Bonchev–Trinajstić information content (AvgIpc) is 3.29. The molecule has 0 radical (unpaired) electrons. The molecule has 1 N–H and O–H groups in total. The number of aryl methyl sites for hydroxylation is 1. The summed E-state index contributed by atoms with van der Waals surface area (Å²) in [6.45, 7) is 2.72. The number of ether oxygens (including phenoxy) is 1. The number of hydrogen-bond donors (Lipinski definition) is 1. The van der Waals surface area contributed by atoms with Crippen molar-refractivity contribution in [2.24, 2.45) is 0 Å². The van der Waals surface area contributed by atoms with E-state index in [4.69, 9.17) is 16.3 Å². The fourth-order valence-corrected chi connectivity index (χ4v) is 3.72. The second-order valence-electron chi connectivity index (χ2n) is 7.30. The number of hydrogen-bond acceptors (Lipinski definition) is 6. The average molecular weight is 444 g/mol. The number of fused-ring (bicyclic) bond motifs is 1. The van der Waals surface area contributed by atoms with Gasteiger partial charge in [0.05, 0.1) is 6.10 Å². The lowest BCUT2D eigenvalue weighted by molar-refractivity contribution is -0.122. The lowest BCUT2D eigenvalue weighted by Gasteiger charge is -2.14. The summed E-state index contributed by atoms with van der Waals surface area (Å²) in [6.07, 6.45) is 3.21. The number of carbonyl (C=O) groups excluding carboxylic acids is 1. The van der Waals surface area contributed by atoms with Crippen molar-refractivity contribution < 1.29 is 9.53 Å². The molecular weight excluding hydrogens is 422 g/mol. The number of nitrogens with zero attached hydrogens (tertiary/aromatic N) is 4. The molecule has 10 heteroatoms. The Balaban J connectivity index is 1.68. The zero-order valence-electron chi connectivity index (χ0n) is 17.0. The van der Waals surface area contributed by atoms with E-state index >= 15 is 0 Å². The van der Waals surface area contributed by atoms with Gasteiger partial charge in [0.25, 0.3) is 5.56 Å². The molecule has 3 heterocycles. The van der Waals surface area contributed by atoms with E-state index in [9.17, 15) is 14.4 Å². The first kappa shape index (κ1) is 21.2. The minimum absolute atomic E-state index is 0.0238. The van der Waals surface area contributed by atoms with Gasteiger partial charge < -0.3 is 10.1 Å². The van der Waals surface area contributed by atoms with Crippen LogP contribution in [0.2, 0.25) is 5.02 Å². The van der Waals surface area contributed by atoms with E-state index in [0.717, 1.165) is 17.4 Å². The number of benzene rings is 1. The van der Waals surface area contributed by atoms with Gasteiger partial charge in [-0.3, -0.25) is 18.7 Å². The monoisotopic (exact) mass is 443 g/mol. The molecule has 1 atom stereocenters. The Morgan fingerprint density at radius 2 is 2.03 bits per heavy atom. The predicted octanol–water partition coefficient (Wildman–Crippen LogP) is 1.59. The van der Waals surface area contributed by atoms with Gasteiger partial charge in [0.1, 0.15) is 11.9 Å². The largest absolute Gasteiger partial charge is 0.376 e. The number of nitrogens with one attached hydrogen (secondary N) is 1. The van der Waals surface area contributed by atoms with E-state index < -0.39 is 17.2 Å². The molecular formula is C21H22ClN5O4. The van der Waals surface area contributed by atoms with Crippen molar-refractivity contribution in [3.8, 4) is 11.4 Å². The van der Waals surface area contributed by atoms with Gasteiger partial charge in [-0.05, 0) is 44.0 Å². The number of aromatic nitrogens is 4. The quantitative estimate of drug-likeness (QED) is 0.619. The molecule has 162 valence electrons. The van der Waals surface area contributed by atoms with E-state index in [0.29, 0.717) is 29.6 Å². The molecule has 1 saturated heterocycles. The molecule has 0 bridgehead atoms. The predicted molar refractivity (Wildman–Crippen MR) is 116 cm³/mol. The smallest absolute Gasteiger partial charge is 0.333 e. The van der Waals surface area contributed by atoms with Gasteiger partial charge in [-0.25, -0.2) is 14.8 Å². The lowest BCUT2D eigenvalue weighted by atomic mass is 10.2. The third kappa shape index (κ3) is 4.38. The van der Waals surface area contributed by atoms with Crippen LogP contribution < -0.4 is 16.6 Å². The summed E-state index contributed by atoms with van der Waals surface area (Å²) >= 11 is 5.93. The molecule has 1 aliphatic rings. The normalized spacial score (nSPS) is 16.0. The van der Waals surface area contributed by atoms with Crippen LogP contribution in [0, 0.1) is 0 Å². The molecule has 1 unspecified atom stereocenters. The highest BCUT2D eigenvalue weighted by Gasteiger charge is 2.19. The van der Waals surface area contributed by atoms with Crippen LogP contribution in [0.15, 0.2) is 40.1 Å². The van der Waals surface area contributed by atoms with E-state index in [2.05, 4.69) is 15.3 Å². The summed E-state index contributed by atoms with van der Waals surface area (Å²) in [6, 6.07) is 6.95. The Morgan fingerprint density at radius 3 is 2.71 bits per heavy atom.